The molecule has 4 rings (SSSR count). The first-order chi connectivity index (χ1) is 20.5. The van der Waals surface area contributed by atoms with E-state index >= 15 is 0 Å². The summed E-state index contributed by atoms with van der Waals surface area (Å²) >= 11 is 2.27. The van der Waals surface area contributed by atoms with E-state index in [0.717, 1.165) is 73.2 Å². The Morgan fingerprint density at radius 1 is 0.907 bits per heavy atom. The molecule has 43 heavy (non-hydrogen) atoms. The van der Waals surface area contributed by atoms with Gasteiger partial charge in [0.2, 0.25) is 5.91 Å². The van der Waals surface area contributed by atoms with Gasteiger partial charge in [0.25, 0.3) is 0 Å². The lowest BCUT2D eigenvalue weighted by Gasteiger charge is -2.39. The second-order valence-electron chi connectivity index (χ2n) is 10.4. The normalized spacial score (nSPS) is 17.8. The molecule has 2 heterocycles. The topological polar surface area (TPSA) is 157 Å². The molecule has 2 saturated heterocycles. The van der Waals surface area contributed by atoms with Gasteiger partial charge in [-0.1, -0.05) is 24.3 Å². The summed E-state index contributed by atoms with van der Waals surface area (Å²) in [7, 11) is 0. The fourth-order valence-electron chi connectivity index (χ4n) is 4.80. The van der Waals surface area contributed by atoms with Gasteiger partial charge in [0.1, 0.15) is 5.82 Å². The predicted octanol–water partition coefficient (Wildman–Crippen LogP) is 2.50. The third kappa shape index (κ3) is 11.7. The van der Waals surface area contributed by atoms with E-state index in [0.29, 0.717) is 13.0 Å². The second-order valence-corrected chi connectivity index (χ2v) is 11.6. The second kappa shape index (κ2) is 17.6. The molecule has 236 valence electrons. The van der Waals surface area contributed by atoms with Gasteiger partial charge in [0, 0.05) is 42.2 Å². The minimum Gasteiger partial charge on any atom is -0.479 e. The molecular formula is C30H38FIN2O9. The van der Waals surface area contributed by atoms with Gasteiger partial charge in [-0.2, -0.15) is 0 Å². The van der Waals surface area contributed by atoms with Crippen LogP contribution in [-0.2, 0) is 36.8 Å². The van der Waals surface area contributed by atoms with E-state index in [4.69, 9.17) is 29.9 Å². The maximum atomic E-state index is 13.4. The molecule has 2 atom stereocenters. The van der Waals surface area contributed by atoms with Gasteiger partial charge in [-0.3, -0.25) is 4.79 Å². The highest BCUT2D eigenvalue weighted by atomic mass is 127. The van der Waals surface area contributed by atoms with Crippen LogP contribution in [-0.4, -0.2) is 105 Å². The molecule has 11 nitrogen and oxygen atoms in total. The van der Waals surface area contributed by atoms with Gasteiger partial charge in [-0.15, -0.1) is 0 Å². The van der Waals surface area contributed by atoms with Crippen LogP contribution in [0.1, 0.15) is 36.8 Å². The monoisotopic (exact) mass is 716 g/mol. The summed E-state index contributed by atoms with van der Waals surface area (Å²) in [5.41, 5.74) is 1.98. The molecule has 2 aliphatic rings. The lowest BCUT2D eigenvalue weighted by Crippen LogP contribution is -2.48. The Morgan fingerprint density at radius 3 is 1.98 bits per heavy atom. The molecule has 4 N–H and O–H groups in total. The fourth-order valence-corrected chi connectivity index (χ4v) is 5.16. The number of hydrogen-bond acceptors (Lipinski definition) is 8. The van der Waals surface area contributed by atoms with Gasteiger partial charge in [-0.25, -0.2) is 14.0 Å². The van der Waals surface area contributed by atoms with Crippen molar-refractivity contribution < 1.29 is 48.7 Å². The number of hydrogen-bond donors (Lipinski definition) is 4. The molecule has 2 aliphatic heterocycles. The minimum absolute atomic E-state index is 0.0815. The number of carboxylic acid groups (broad SMARTS) is 2. The van der Waals surface area contributed by atoms with Crippen LogP contribution < -0.4 is 0 Å². The summed E-state index contributed by atoms with van der Waals surface area (Å²) in [6.07, 6.45) is -0.498. The number of carbonyl (C=O) groups is 3. The Labute approximate surface area is 263 Å². The van der Waals surface area contributed by atoms with E-state index in [1.165, 1.54) is 12.1 Å². The first-order valence-corrected chi connectivity index (χ1v) is 15.2. The third-order valence-corrected chi connectivity index (χ3v) is 7.95. The number of nitrogens with zero attached hydrogens (tertiary/aromatic N) is 2. The SMILES string of the molecule is O=C(Cc1ccc(I)cc1)N(Cc1ccc(F)cc1)C1CCN(CCC2OCCCO2)CC1.O=C(O)C(O)C(O)C(=O)O. The fraction of sp³-hybridized carbons (Fsp3) is 0.500. The molecule has 0 spiro atoms. The van der Waals surface area contributed by atoms with Gasteiger partial charge >= 0.3 is 11.9 Å². The molecule has 0 bridgehead atoms. The zero-order valence-electron chi connectivity index (χ0n) is 23.7. The van der Waals surface area contributed by atoms with Crippen LogP contribution in [0.25, 0.3) is 0 Å². The Hall–Kier alpha value is -2.69. The van der Waals surface area contributed by atoms with Crippen LogP contribution in [0.4, 0.5) is 4.39 Å². The molecule has 0 aliphatic carbocycles. The minimum atomic E-state index is -2.27. The predicted molar refractivity (Wildman–Crippen MR) is 161 cm³/mol. The van der Waals surface area contributed by atoms with Crippen LogP contribution >= 0.6 is 22.6 Å². The Morgan fingerprint density at radius 2 is 1.44 bits per heavy atom. The van der Waals surface area contributed by atoms with Crippen molar-refractivity contribution in [3.63, 3.8) is 0 Å². The highest BCUT2D eigenvalue weighted by Crippen LogP contribution is 2.22. The maximum absolute atomic E-state index is 13.4. The van der Waals surface area contributed by atoms with Crippen molar-refractivity contribution in [2.45, 2.75) is 63.2 Å². The number of carboxylic acids is 2. The molecular weight excluding hydrogens is 678 g/mol. The van der Waals surface area contributed by atoms with Crippen LogP contribution in [0.3, 0.4) is 0 Å². The van der Waals surface area contributed by atoms with E-state index in [-0.39, 0.29) is 24.1 Å². The number of benzene rings is 2. The Balaban J connectivity index is 0.000000436. The first-order valence-electron chi connectivity index (χ1n) is 14.1. The smallest absolute Gasteiger partial charge is 0.335 e. The van der Waals surface area contributed by atoms with E-state index in [1.807, 2.05) is 29.2 Å². The van der Waals surface area contributed by atoms with Crippen LogP contribution in [0.2, 0.25) is 0 Å². The van der Waals surface area contributed by atoms with Gasteiger partial charge in [-0.05, 0) is 77.2 Å². The summed E-state index contributed by atoms with van der Waals surface area (Å²) in [6.45, 7) is 4.94. The van der Waals surface area contributed by atoms with E-state index < -0.39 is 24.1 Å². The zero-order chi connectivity index (χ0) is 31.4. The lowest BCUT2D eigenvalue weighted by molar-refractivity contribution is -0.183. The van der Waals surface area contributed by atoms with Crippen molar-refractivity contribution in [1.29, 1.82) is 0 Å². The third-order valence-electron chi connectivity index (χ3n) is 7.24. The van der Waals surface area contributed by atoms with Gasteiger partial charge in [0.15, 0.2) is 18.5 Å². The van der Waals surface area contributed by atoms with E-state index in [1.54, 1.807) is 12.1 Å². The van der Waals surface area contributed by atoms with Crippen molar-refractivity contribution in [1.82, 2.24) is 9.80 Å². The zero-order valence-corrected chi connectivity index (χ0v) is 25.8. The highest BCUT2D eigenvalue weighted by Gasteiger charge is 2.30. The highest BCUT2D eigenvalue weighted by molar-refractivity contribution is 14.1. The van der Waals surface area contributed by atoms with Gasteiger partial charge in [0.05, 0.1) is 19.6 Å². The number of amides is 1. The number of likely N-dealkylation sites (tertiary alicyclic amines) is 1. The maximum Gasteiger partial charge on any atom is 0.335 e. The number of carbonyl (C=O) groups excluding carboxylic acids is 1. The molecule has 1 amide bonds. The average molecular weight is 717 g/mol. The standard InChI is InChI=1S/C26H32FIN2O3.C4H6O6/c27-22-6-2-21(3-7-22)19-30(25(31)18-20-4-8-23(28)9-5-20)24-10-13-29(14-11-24)15-12-26-32-16-1-17-33-26;5-1(3(7)8)2(6)4(9)10/h2-9,24,26H,1,10-19H2;1-2,5-6H,(H,7,8)(H,9,10). The van der Waals surface area contributed by atoms with Crippen LogP contribution in [0, 0.1) is 9.39 Å². The van der Waals surface area contributed by atoms with Crippen molar-refractivity contribution >= 4 is 40.4 Å². The summed E-state index contributed by atoms with van der Waals surface area (Å²) in [5.74, 6) is -3.66. The number of ether oxygens (including phenoxy) is 2. The van der Waals surface area contributed by atoms with E-state index in [9.17, 15) is 18.8 Å². The van der Waals surface area contributed by atoms with Crippen LogP contribution in [0.5, 0.6) is 0 Å². The number of piperidine rings is 1. The number of aliphatic hydroxyl groups is 2. The Bertz CT molecular complexity index is 1150. The first kappa shape index (κ1) is 34.8. The van der Waals surface area contributed by atoms with Gasteiger partial charge < -0.3 is 39.7 Å². The molecule has 0 aromatic heterocycles. The van der Waals surface area contributed by atoms with Crippen molar-refractivity contribution in [3.05, 3.63) is 69.0 Å². The summed E-state index contributed by atoms with van der Waals surface area (Å²) in [4.78, 5) is 37.4. The molecule has 13 heteroatoms. The summed E-state index contributed by atoms with van der Waals surface area (Å²) in [5, 5.41) is 32.5. The van der Waals surface area contributed by atoms with Crippen molar-refractivity contribution in [3.8, 4) is 0 Å². The quantitative estimate of drug-likeness (QED) is 0.255. The van der Waals surface area contributed by atoms with Crippen molar-refractivity contribution in [2.75, 3.05) is 32.8 Å². The largest absolute Gasteiger partial charge is 0.479 e. The van der Waals surface area contributed by atoms with E-state index in [2.05, 4.69) is 27.5 Å². The van der Waals surface area contributed by atoms with Crippen molar-refractivity contribution in [2.24, 2.45) is 0 Å². The molecule has 0 saturated carbocycles. The molecule has 2 unspecified atom stereocenters. The average Bonchev–Trinajstić information content (AvgIpc) is 3.01. The van der Waals surface area contributed by atoms with Crippen LogP contribution in [0.15, 0.2) is 48.5 Å². The Kier molecular flexibility index (Phi) is 14.2. The molecule has 2 aromatic carbocycles. The molecule has 2 aromatic rings. The number of aliphatic carboxylic acids is 2. The molecule has 2 fully saturated rings. The number of rotatable bonds is 11. The number of halogens is 2. The summed E-state index contributed by atoms with van der Waals surface area (Å²) in [6, 6.07) is 14.8. The number of aliphatic hydroxyl groups excluding tert-OH is 2. The molecule has 0 radical (unpaired) electrons. The summed E-state index contributed by atoms with van der Waals surface area (Å²) < 4.78 is 25.9. The lowest BCUT2D eigenvalue weighted by atomic mass is 10.0.